The maximum Gasteiger partial charge on any atom is 0.472 e. The third-order valence-corrected chi connectivity index (χ3v) is 13.1. The zero-order chi connectivity index (χ0) is 48.7. The van der Waals surface area contributed by atoms with Crippen LogP contribution in [-0.2, 0) is 55.6 Å². The first kappa shape index (κ1) is 61.8. The Bertz CT molecular complexity index is 1440. The van der Waals surface area contributed by atoms with Crippen molar-refractivity contribution in [2.24, 2.45) is 0 Å². The number of esters is 2. The van der Waals surface area contributed by atoms with E-state index in [0.29, 0.717) is 31.5 Å². The molecule has 0 spiro atoms. The van der Waals surface area contributed by atoms with E-state index in [1.54, 1.807) is 0 Å². The molecule has 0 aliphatic heterocycles. The Kier molecular flexibility index (Phi) is 33.3. The van der Waals surface area contributed by atoms with Crippen LogP contribution < -0.4 is 0 Å². The minimum atomic E-state index is -5.60. The fourth-order valence-electron chi connectivity index (χ4n) is 7.53. The van der Waals surface area contributed by atoms with Gasteiger partial charge in [-0.05, 0) is 25.7 Å². The quantitative estimate of drug-likeness (QED) is 0.0167. The van der Waals surface area contributed by atoms with Gasteiger partial charge in [0.15, 0.2) is 6.10 Å². The fraction of sp³-hybridized carbons (Fsp3) is 0.929. The van der Waals surface area contributed by atoms with E-state index in [2.05, 4.69) is 16.0 Å². The summed E-state index contributed by atoms with van der Waals surface area (Å²) in [7, 11) is -16.6. The van der Waals surface area contributed by atoms with Crippen molar-refractivity contribution in [3.05, 3.63) is 0 Å². The Morgan fingerprint density at radius 2 is 0.831 bits per heavy atom. The van der Waals surface area contributed by atoms with E-state index >= 15 is 0 Å². The summed E-state index contributed by atoms with van der Waals surface area (Å²) in [5, 5.41) is 31.8. The number of carbonyl (C=O) groups excluding carboxylic acids is 3. The van der Waals surface area contributed by atoms with E-state index in [1.165, 1.54) is 44.9 Å². The first-order valence-electron chi connectivity index (χ1n) is 23.7. The van der Waals surface area contributed by atoms with Gasteiger partial charge in [0.25, 0.3) is 0 Å². The highest BCUT2D eigenvalue weighted by Gasteiger charge is 2.56. The number of rotatable bonds is 41. The van der Waals surface area contributed by atoms with Gasteiger partial charge < -0.3 is 49.3 Å². The van der Waals surface area contributed by atoms with Gasteiger partial charge in [0.05, 0.1) is 6.61 Å². The second-order valence-corrected chi connectivity index (χ2v) is 20.8. The number of phosphoric ester groups is 3. The Morgan fingerprint density at radius 1 is 0.446 bits per heavy atom. The number of aliphatic hydroxyl groups is 3. The molecule has 8 N–H and O–H groups in total. The third kappa shape index (κ3) is 31.6. The molecule has 0 heterocycles. The number of ether oxygens (including phenoxy) is 2. The van der Waals surface area contributed by atoms with Crippen LogP contribution in [0.5, 0.6) is 0 Å². The molecule has 8 atom stereocenters. The van der Waals surface area contributed by atoms with E-state index in [0.717, 1.165) is 96.3 Å². The van der Waals surface area contributed by atoms with Crippen LogP contribution in [0.4, 0.5) is 0 Å². The molecule has 0 aromatic rings. The van der Waals surface area contributed by atoms with Gasteiger partial charge in [0, 0.05) is 25.7 Å². The average molecular weight is 999 g/mol. The second-order valence-electron chi connectivity index (χ2n) is 17.0. The number of carbonyl (C=O) groups is 3. The van der Waals surface area contributed by atoms with E-state index < -0.39 is 91.3 Å². The highest BCUT2D eigenvalue weighted by Crippen LogP contribution is 2.51. The van der Waals surface area contributed by atoms with Crippen molar-refractivity contribution in [3.8, 4) is 0 Å². The molecule has 1 fully saturated rings. The van der Waals surface area contributed by atoms with Crippen molar-refractivity contribution >= 4 is 41.2 Å². The van der Waals surface area contributed by atoms with Crippen LogP contribution in [-0.4, -0.2) is 113 Å². The predicted molar refractivity (Wildman–Crippen MR) is 239 cm³/mol. The molecule has 0 aromatic heterocycles. The highest BCUT2D eigenvalue weighted by molar-refractivity contribution is 7.47. The van der Waals surface area contributed by atoms with Crippen molar-refractivity contribution in [2.75, 3.05) is 13.2 Å². The van der Waals surface area contributed by atoms with Crippen molar-refractivity contribution in [3.63, 3.8) is 0 Å². The van der Waals surface area contributed by atoms with Crippen LogP contribution in [0.15, 0.2) is 0 Å². The molecule has 23 heteroatoms. The smallest absolute Gasteiger partial charge is 0.462 e. The van der Waals surface area contributed by atoms with E-state index in [1.807, 2.05) is 6.92 Å². The highest BCUT2D eigenvalue weighted by atomic mass is 31.2. The number of aliphatic hydroxyl groups excluding tert-OH is 3. The van der Waals surface area contributed by atoms with Crippen LogP contribution in [0.3, 0.4) is 0 Å². The SMILES string of the molecule is CCCCCCCCCCCCCCCC(=O)O[C@H](COC(=O)CCCCCCCCCCCCC(=O)CCC)COP(=O)(O)OC1C(O)[C@@H](O)C(OP(=O)(O)O)[C@@H](OP(=O)(O)O)[C@H]1O. The van der Waals surface area contributed by atoms with Gasteiger partial charge in [-0.3, -0.25) is 32.5 Å². The number of phosphoric acid groups is 3. The van der Waals surface area contributed by atoms with E-state index in [-0.39, 0.29) is 12.8 Å². The molecular weight excluding hydrogens is 917 g/mol. The van der Waals surface area contributed by atoms with Crippen LogP contribution in [0.1, 0.15) is 194 Å². The number of unbranched alkanes of at least 4 members (excludes halogenated alkanes) is 21. The lowest BCUT2D eigenvalue weighted by Crippen LogP contribution is -2.65. The minimum Gasteiger partial charge on any atom is -0.462 e. The van der Waals surface area contributed by atoms with E-state index in [4.69, 9.17) is 18.5 Å². The molecule has 384 valence electrons. The lowest BCUT2D eigenvalue weighted by atomic mass is 9.85. The van der Waals surface area contributed by atoms with Gasteiger partial charge in [-0.25, -0.2) is 13.7 Å². The zero-order valence-corrected chi connectivity index (χ0v) is 41.3. The molecule has 1 rings (SSSR count). The molecule has 0 aromatic carbocycles. The van der Waals surface area contributed by atoms with Gasteiger partial charge in [0.1, 0.15) is 49.0 Å². The summed E-state index contributed by atoms with van der Waals surface area (Å²) in [6.45, 7) is 2.70. The standard InChI is InChI=1S/C42H81O20P3/c1-3-5-6-7-8-9-10-11-12-17-20-23-26-30-36(45)59-34(31-57-35(44)29-25-22-19-16-14-13-15-18-21-24-28-33(43)27-4-2)32-58-65(55,56)62-40-37(46)38(47)41(60-63(49,50)51)42(39(40)48)61-64(52,53)54/h34,37-42,46-48H,3-32H2,1-2H3,(H,55,56)(H2,49,50,51)(H2,52,53,54)/t34-,37?,38-,39+,40?,41?,42+/m1/s1. The Labute approximate surface area is 385 Å². The Hall–Kier alpha value is -1.18. The molecule has 20 nitrogen and oxygen atoms in total. The van der Waals surface area contributed by atoms with Crippen LogP contribution in [0.25, 0.3) is 0 Å². The summed E-state index contributed by atoms with van der Waals surface area (Å²) in [4.78, 5) is 84.7. The monoisotopic (exact) mass is 998 g/mol. The number of ketones is 1. The van der Waals surface area contributed by atoms with Gasteiger partial charge in [-0.2, -0.15) is 0 Å². The van der Waals surface area contributed by atoms with Crippen LogP contribution in [0, 0.1) is 0 Å². The molecular formula is C42H81O20P3. The molecule has 4 unspecified atom stereocenters. The van der Waals surface area contributed by atoms with Crippen molar-refractivity contribution < 1.29 is 95.4 Å². The van der Waals surface area contributed by atoms with Crippen molar-refractivity contribution in [2.45, 2.75) is 236 Å². The van der Waals surface area contributed by atoms with E-state index in [9.17, 15) is 67.9 Å². The first-order valence-corrected chi connectivity index (χ1v) is 28.3. The fourth-order valence-corrected chi connectivity index (χ4v) is 9.63. The molecule has 0 saturated heterocycles. The van der Waals surface area contributed by atoms with Gasteiger partial charge in [-0.1, -0.05) is 142 Å². The lowest BCUT2D eigenvalue weighted by molar-refractivity contribution is -0.213. The summed E-state index contributed by atoms with van der Waals surface area (Å²) in [5.74, 6) is -0.987. The molecule has 0 amide bonds. The largest absolute Gasteiger partial charge is 0.472 e. The summed E-state index contributed by atoms with van der Waals surface area (Å²) < 4.78 is 65.4. The topological polar surface area (TPSA) is 320 Å². The number of hydrogen-bond acceptors (Lipinski definition) is 15. The summed E-state index contributed by atoms with van der Waals surface area (Å²) >= 11 is 0. The molecule has 1 saturated carbocycles. The summed E-state index contributed by atoms with van der Waals surface area (Å²) in [6.07, 6.45) is 9.70. The number of hydrogen-bond donors (Lipinski definition) is 8. The lowest BCUT2D eigenvalue weighted by Gasteiger charge is -2.44. The zero-order valence-electron chi connectivity index (χ0n) is 38.6. The van der Waals surface area contributed by atoms with Gasteiger partial charge in [0.2, 0.25) is 0 Å². The minimum absolute atomic E-state index is 0.00724. The second kappa shape index (κ2) is 35.0. The molecule has 0 bridgehead atoms. The normalized spacial score (nSPS) is 21.8. The maximum absolute atomic E-state index is 13.1. The predicted octanol–water partition coefficient (Wildman–Crippen LogP) is 7.53. The summed E-state index contributed by atoms with van der Waals surface area (Å²) in [6, 6.07) is 0. The molecule has 0 radical (unpaired) electrons. The number of Topliss-reactive ketones (excluding diaryl/α,β-unsaturated/α-hetero) is 1. The van der Waals surface area contributed by atoms with Crippen LogP contribution in [0.2, 0.25) is 0 Å². The van der Waals surface area contributed by atoms with Gasteiger partial charge in [-0.15, -0.1) is 0 Å². The van der Waals surface area contributed by atoms with Gasteiger partial charge >= 0.3 is 35.4 Å². The third-order valence-electron chi connectivity index (χ3n) is 11.0. The molecule has 1 aliphatic rings. The first-order chi connectivity index (χ1) is 30.7. The van der Waals surface area contributed by atoms with Crippen molar-refractivity contribution in [1.29, 1.82) is 0 Å². The maximum atomic E-state index is 13.1. The molecule has 1 aliphatic carbocycles. The average Bonchev–Trinajstić information content (AvgIpc) is 3.22. The summed E-state index contributed by atoms with van der Waals surface area (Å²) in [5.41, 5.74) is 0. The molecule has 65 heavy (non-hydrogen) atoms. The van der Waals surface area contributed by atoms with Crippen molar-refractivity contribution in [1.82, 2.24) is 0 Å². The Balaban J connectivity index is 2.73. The van der Waals surface area contributed by atoms with Crippen LogP contribution >= 0.6 is 23.5 Å². The Morgan fingerprint density at radius 3 is 1.26 bits per heavy atom.